The van der Waals surface area contributed by atoms with Crippen LogP contribution in [-0.2, 0) is 27.1 Å². The number of hydrogen-bond acceptors (Lipinski definition) is 6. The van der Waals surface area contributed by atoms with Crippen molar-refractivity contribution in [1.29, 1.82) is 0 Å². The standard InChI is InChI=1S/C25H43NO6/c1-16(2)20(13-22(26)23(27)14-21(17(3)4)25(28)29)12-18-7-8-24(31-6)19(11-18)9-10-32-15-30-5/h7-8,11,16-17,20-23,27H,9-10,12-15,26H2,1-6H3,(H,28,29)/t20-,21-,22-,23-/m0/s1. The van der Waals surface area contributed by atoms with Crippen LogP contribution in [0.3, 0.4) is 0 Å². The molecule has 0 aromatic heterocycles. The summed E-state index contributed by atoms with van der Waals surface area (Å²) in [5.41, 5.74) is 8.59. The number of nitrogens with two attached hydrogens (primary N) is 1. The van der Waals surface area contributed by atoms with E-state index in [0.717, 1.165) is 24.2 Å². The number of methoxy groups -OCH3 is 2. The van der Waals surface area contributed by atoms with Crippen LogP contribution >= 0.6 is 0 Å². The first kappa shape index (κ1) is 28.4. The third-order valence-corrected chi connectivity index (χ3v) is 6.19. The predicted octanol–water partition coefficient (Wildman–Crippen LogP) is 3.50. The molecule has 1 aromatic rings. The molecule has 0 unspecified atom stereocenters. The summed E-state index contributed by atoms with van der Waals surface area (Å²) in [6, 6.07) is 5.72. The first-order valence-corrected chi connectivity index (χ1v) is 11.5. The van der Waals surface area contributed by atoms with Crippen molar-refractivity contribution in [3.05, 3.63) is 29.3 Å². The van der Waals surface area contributed by atoms with E-state index in [2.05, 4.69) is 26.0 Å². The Hall–Kier alpha value is -1.67. The zero-order chi connectivity index (χ0) is 24.3. The number of hydrogen-bond donors (Lipinski definition) is 3. The molecule has 7 nitrogen and oxygen atoms in total. The molecule has 184 valence electrons. The molecule has 1 aromatic carbocycles. The van der Waals surface area contributed by atoms with Gasteiger partial charge in [-0.2, -0.15) is 0 Å². The molecule has 1 rings (SSSR count). The lowest BCUT2D eigenvalue weighted by atomic mass is 9.81. The predicted molar refractivity (Wildman–Crippen MR) is 126 cm³/mol. The number of aliphatic carboxylic acids is 1. The largest absolute Gasteiger partial charge is 0.496 e. The van der Waals surface area contributed by atoms with E-state index in [1.807, 2.05) is 19.9 Å². The molecule has 0 aliphatic rings. The third-order valence-electron chi connectivity index (χ3n) is 6.19. The molecular weight excluding hydrogens is 410 g/mol. The summed E-state index contributed by atoms with van der Waals surface area (Å²) < 4.78 is 15.8. The summed E-state index contributed by atoms with van der Waals surface area (Å²) in [6.07, 6.45) is 1.50. The Kier molecular flexibility index (Phi) is 12.8. The second-order valence-electron chi connectivity index (χ2n) is 9.31. The molecule has 0 fully saturated rings. The van der Waals surface area contributed by atoms with Crippen LogP contribution in [0.15, 0.2) is 18.2 Å². The van der Waals surface area contributed by atoms with Crippen LogP contribution in [0, 0.1) is 23.7 Å². The maximum atomic E-state index is 11.5. The Morgan fingerprint density at radius 3 is 2.31 bits per heavy atom. The number of carboxylic acid groups (broad SMARTS) is 1. The van der Waals surface area contributed by atoms with Gasteiger partial charge in [0, 0.05) is 13.2 Å². The molecule has 4 atom stereocenters. The fourth-order valence-electron chi connectivity index (χ4n) is 3.97. The molecule has 0 saturated carbocycles. The average molecular weight is 454 g/mol. The van der Waals surface area contributed by atoms with Gasteiger partial charge < -0.3 is 30.2 Å². The summed E-state index contributed by atoms with van der Waals surface area (Å²) in [4.78, 5) is 11.5. The van der Waals surface area contributed by atoms with Gasteiger partial charge in [0.1, 0.15) is 12.5 Å². The van der Waals surface area contributed by atoms with Crippen LogP contribution in [-0.4, -0.2) is 55.9 Å². The second-order valence-corrected chi connectivity index (χ2v) is 9.31. The Bertz CT molecular complexity index is 678. The molecular formula is C25H43NO6. The summed E-state index contributed by atoms with van der Waals surface area (Å²) >= 11 is 0. The molecule has 0 saturated heterocycles. The van der Waals surface area contributed by atoms with Crippen LogP contribution in [0.25, 0.3) is 0 Å². The molecule has 0 radical (unpaired) electrons. The van der Waals surface area contributed by atoms with Crippen molar-refractivity contribution in [1.82, 2.24) is 0 Å². The molecule has 0 amide bonds. The van der Waals surface area contributed by atoms with E-state index in [9.17, 15) is 15.0 Å². The van der Waals surface area contributed by atoms with Gasteiger partial charge in [-0.25, -0.2) is 0 Å². The number of carboxylic acids is 1. The Morgan fingerprint density at radius 1 is 1.09 bits per heavy atom. The van der Waals surface area contributed by atoms with Crippen molar-refractivity contribution >= 4 is 5.97 Å². The topological polar surface area (TPSA) is 111 Å². The molecule has 32 heavy (non-hydrogen) atoms. The third kappa shape index (κ3) is 9.45. The minimum absolute atomic E-state index is 0.0548. The van der Waals surface area contributed by atoms with E-state index in [1.54, 1.807) is 14.2 Å². The van der Waals surface area contributed by atoms with Gasteiger partial charge in [-0.3, -0.25) is 4.79 Å². The zero-order valence-electron chi connectivity index (χ0n) is 20.5. The molecule has 4 N–H and O–H groups in total. The fraction of sp³-hybridized carbons (Fsp3) is 0.720. The molecule has 0 spiro atoms. The number of aliphatic hydroxyl groups excluding tert-OH is 1. The van der Waals surface area contributed by atoms with Crippen molar-refractivity contribution in [2.24, 2.45) is 29.4 Å². The number of aliphatic hydroxyl groups is 1. The zero-order valence-corrected chi connectivity index (χ0v) is 20.5. The smallest absolute Gasteiger partial charge is 0.306 e. The monoisotopic (exact) mass is 453 g/mol. The van der Waals surface area contributed by atoms with E-state index in [-0.39, 0.29) is 25.0 Å². The second kappa shape index (κ2) is 14.5. The van der Waals surface area contributed by atoms with Crippen molar-refractivity contribution in [2.75, 3.05) is 27.6 Å². The van der Waals surface area contributed by atoms with Crippen molar-refractivity contribution in [3.63, 3.8) is 0 Å². The maximum Gasteiger partial charge on any atom is 0.306 e. The van der Waals surface area contributed by atoms with Gasteiger partial charge in [-0.1, -0.05) is 39.8 Å². The minimum atomic E-state index is -0.882. The number of benzene rings is 1. The fourth-order valence-corrected chi connectivity index (χ4v) is 3.97. The van der Waals surface area contributed by atoms with Crippen LogP contribution in [0.4, 0.5) is 0 Å². The molecule has 0 aliphatic carbocycles. The van der Waals surface area contributed by atoms with Crippen molar-refractivity contribution in [2.45, 2.75) is 65.5 Å². The lowest BCUT2D eigenvalue weighted by molar-refractivity contribution is -0.144. The molecule has 0 bridgehead atoms. The Morgan fingerprint density at radius 2 is 1.78 bits per heavy atom. The maximum absolute atomic E-state index is 11.5. The van der Waals surface area contributed by atoms with Crippen molar-refractivity contribution < 1.29 is 29.2 Å². The summed E-state index contributed by atoms with van der Waals surface area (Å²) in [5.74, 6) is -0.0840. The van der Waals surface area contributed by atoms with Crippen LogP contribution < -0.4 is 10.5 Å². The highest BCUT2D eigenvalue weighted by atomic mass is 16.7. The normalized spacial score (nSPS) is 15.6. The highest BCUT2D eigenvalue weighted by molar-refractivity contribution is 5.70. The summed E-state index contributed by atoms with van der Waals surface area (Å²) in [5, 5.41) is 20.0. The lowest BCUT2D eigenvalue weighted by Crippen LogP contribution is -2.40. The van der Waals surface area contributed by atoms with E-state index in [0.29, 0.717) is 18.9 Å². The van der Waals surface area contributed by atoms with E-state index >= 15 is 0 Å². The Balaban J connectivity index is 2.84. The molecule has 0 heterocycles. The number of carbonyl (C=O) groups is 1. The average Bonchev–Trinajstić information content (AvgIpc) is 2.73. The van der Waals surface area contributed by atoms with Gasteiger partial charge in [0.15, 0.2) is 0 Å². The molecule has 7 heteroatoms. The van der Waals surface area contributed by atoms with Gasteiger partial charge in [0.25, 0.3) is 0 Å². The van der Waals surface area contributed by atoms with E-state index < -0.39 is 24.0 Å². The minimum Gasteiger partial charge on any atom is -0.496 e. The summed E-state index contributed by atoms with van der Waals surface area (Å²) in [6.45, 7) is 8.82. The van der Waals surface area contributed by atoms with Gasteiger partial charge in [0.2, 0.25) is 0 Å². The van der Waals surface area contributed by atoms with Gasteiger partial charge in [-0.05, 0) is 60.6 Å². The highest BCUT2D eigenvalue weighted by Crippen LogP contribution is 2.28. The van der Waals surface area contributed by atoms with Crippen LogP contribution in [0.2, 0.25) is 0 Å². The quantitative estimate of drug-likeness (QED) is 0.259. The number of ether oxygens (including phenoxy) is 3. The van der Waals surface area contributed by atoms with Crippen LogP contribution in [0.1, 0.15) is 51.7 Å². The first-order chi connectivity index (χ1) is 15.1. The lowest BCUT2D eigenvalue weighted by Gasteiger charge is -2.29. The van der Waals surface area contributed by atoms with Gasteiger partial charge in [-0.15, -0.1) is 0 Å². The van der Waals surface area contributed by atoms with Gasteiger partial charge in [0.05, 0.1) is 25.7 Å². The Labute approximate surface area is 193 Å². The number of rotatable bonds is 16. The SMILES string of the molecule is COCOCCc1cc(C[C@@H](C[C@H](N)[C@@H](O)C[C@H](C(=O)O)C(C)C)C(C)C)ccc1OC. The van der Waals surface area contributed by atoms with E-state index in [4.69, 9.17) is 19.9 Å². The van der Waals surface area contributed by atoms with E-state index in [1.165, 1.54) is 5.56 Å². The first-order valence-electron chi connectivity index (χ1n) is 11.5. The highest BCUT2D eigenvalue weighted by Gasteiger charge is 2.29. The van der Waals surface area contributed by atoms with Crippen LogP contribution in [0.5, 0.6) is 5.75 Å². The molecule has 0 aliphatic heterocycles. The van der Waals surface area contributed by atoms with Crippen molar-refractivity contribution in [3.8, 4) is 5.75 Å². The van der Waals surface area contributed by atoms with Gasteiger partial charge >= 0.3 is 5.97 Å². The summed E-state index contributed by atoms with van der Waals surface area (Å²) in [7, 11) is 3.26.